The van der Waals surface area contributed by atoms with Gasteiger partial charge in [-0.05, 0) is 32.5 Å². The molecule has 0 fully saturated rings. The number of amides is 1. The number of hydrogen-bond donors (Lipinski definition) is 2. The van der Waals surface area contributed by atoms with E-state index in [1.807, 2.05) is 36.5 Å². The van der Waals surface area contributed by atoms with Gasteiger partial charge in [0.25, 0.3) is 5.91 Å². The first kappa shape index (κ1) is 16.1. The van der Waals surface area contributed by atoms with Gasteiger partial charge in [-0.2, -0.15) is 0 Å². The Morgan fingerprint density at radius 1 is 1.48 bits per heavy atom. The SMILES string of the molecule is CN(C)CC(C)(O)CNC(=O)c1csc(-c2cccs2)n1. The Morgan fingerprint density at radius 3 is 2.86 bits per heavy atom. The number of likely N-dealkylation sites (N-methyl/N-ethyl adjacent to an activating group) is 1. The van der Waals surface area contributed by atoms with E-state index in [0.717, 1.165) is 9.88 Å². The van der Waals surface area contributed by atoms with Gasteiger partial charge < -0.3 is 15.3 Å². The number of rotatable bonds is 6. The van der Waals surface area contributed by atoms with Crippen LogP contribution in [0.4, 0.5) is 0 Å². The van der Waals surface area contributed by atoms with Crippen molar-refractivity contribution in [1.29, 1.82) is 0 Å². The summed E-state index contributed by atoms with van der Waals surface area (Å²) in [4.78, 5) is 19.3. The molecule has 7 heteroatoms. The summed E-state index contributed by atoms with van der Waals surface area (Å²) in [5.74, 6) is -0.256. The van der Waals surface area contributed by atoms with Crippen LogP contribution in [0.15, 0.2) is 22.9 Å². The fourth-order valence-electron chi connectivity index (χ4n) is 1.99. The van der Waals surface area contributed by atoms with E-state index in [1.165, 1.54) is 11.3 Å². The molecule has 2 heterocycles. The van der Waals surface area contributed by atoms with Crippen molar-refractivity contribution in [2.24, 2.45) is 0 Å². The summed E-state index contributed by atoms with van der Waals surface area (Å²) in [6.45, 7) is 2.37. The van der Waals surface area contributed by atoms with Crippen LogP contribution in [0.5, 0.6) is 0 Å². The Morgan fingerprint density at radius 2 is 2.24 bits per heavy atom. The van der Waals surface area contributed by atoms with Gasteiger partial charge in [-0.25, -0.2) is 4.98 Å². The number of carbonyl (C=O) groups is 1. The maximum atomic E-state index is 12.1. The van der Waals surface area contributed by atoms with E-state index in [9.17, 15) is 9.90 Å². The number of nitrogens with one attached hydrogen (secondary N) is 1. The van der Waals surface area contributed by atoms with Crippen molar-refractivity contribution in [2.45, 2.75) is 12.5 Å². The summed E-state index contributed by atoms with van der Waals surface area (Å²) in [6.07, 6.45) is 0. The summed E-state index contributed by atoms with van der Waals surface area (Å²) in [5.41, 5.74) is -0.574. The molecule has 0 aliphatic carbocycles. The first-order valence-electron chi connectivity index (χ1n) is 6.52. The van der Waals surface area contributed by atoms with Crippen LogP contribution >= 0.6 is 22.7 Å². The molecule has 0 aromatic carbocycles. The van der Waals surface area contributed by atoms with E-state index in [0.29, 0.717) is 12.2 Å². The maximum absolute atomic E-state index is 12.1. The second-order valence-corrected chi connectivity index (χ2v) is 7.24. The van der Waals surface area contributed by atoms with Gasteiger partial charge in [-0.1, -0.05) is 6.07 Å². The lowest BCUT2D eigenvalue weighted by molar-refractivity contribution is 0.0325. The van der Waals surface area contributed by atoms with E-state index in [-0.39, 0.29) is 12.5 Å². The van der Waals surface area contributed by atoms with Gasteiger partial charge in [0.1, 0.15) is 10.7 Å². The summed E-state index contributed by atoms with van der Waals surface area (Å²) in [5, 5.41) is 17.5. The largest absolute Gasteiger partial charge is 0.387 e. The van der Waals surface area contributed by atoms with E-state index in [4.69, 9.17) is 0 Å². The number of thiophene rings is 1. The summed E-state index contributed by atoms with van der Waals surface area (Å²) in [7, 11) is 3.76. The number of aromatic nitrogens is 1. The zero-order chi connectivity index (χ0) is 15.5. The van der Waals surface area contributed by atoms with E-state index in [2.05, 4.69) is 10.3 Å². The Bertz CT molecular complexity index is 591. The van der Waals surface area contributed by atoms with Crippen molar-refractivity contribution in [3.05, 3.63) is 28.6 Å². The second kappa shape index (κ2) is 6.65. The predicted molar refractivity (Wildman–Crippen MR) is 86.9 cm³/mol. The molecule has 5 nitrogen and oxygen atoms in total. The summed E-state index contributed by atoms with van der Waals surface area (Å²) in [6, 6.07) is 3.94. The van der Waals surface area contributed by atoms with E-state index >= 15 is 0 Å². The van der Waals surface area contributed by atoms with Crippen molar-refractivity contribution in [3.8, 4) is 9.88 Å². The maximum Gasteiger partial charge on any atom is 0.270 e. The fraction of sp³-hybridized carbons (Fsp3) is 0.429. The third-order valence-electron chi connectivity index (χ3n) is 2.76. The molecule has 0 bridgehead atoms. The van der Waals surface area contributed by atoms with Crippen LogP contribution in [0.3, 0.4) is 0 Å². The highest BCUT2D eigenvalue weighted by Crippen LogP contribution is 2.27. The van der Waals surface area contributed by atoms with Gasteiger partial charge in [0.15, 0.2) is 0 Å². The Balaban J connectivity index is 1.95. The summed E-state index contributed by atoms with van der Waals surface area (Å²) >= 11 is 3.04. The molecule has 0 aliphatic heterocycles. The molecule has 1 unspecified atom stereocenters. The third-order valence-corrected chi connectivity index (χ3v) is 4.64. The number of hydrogen-bond acceptors (Lipinski definition) is 6. The highest BCUT2D eigenvalue weighted by Gasteiger charge is 2.23. The Hall–Kier alpha value is -1.28. The molecule has 0 aliphatic rings. The summed E-state index contributed by atoms with van der Waals surface area (Å²) < 4.78 is 0. The lowest BCUT2D eigenvalue weighted by Gasteiger charge is -2.26. The first-order chi connectivity index (χ1) is 9.87. The number of carbonyl (C=O) groups excluding carboxylic acids is 1. The topological polar surface area (TPSA) is 65.5 Å². The van der Waals surface area contributed by atoms with Crippen LogP contribution in [-0.2, 0) is 0 Å². The zero-order valence-corrected chi connectivity index (χ0v) is 13.9. The molecule has 0 spiro atoms. The van der Waals surface area contributed by atoms with Gasteiger partial charge in [0.05, 0.1) is 10.5 Å². The Labute approximate surface area is 132 Å². The molecule has 2 aromatic rings. The zero-order valence-electron chi connectivity index (χ0n) is 12.3. The van der Waals surface area contributed by atoms with E-state index in [1.54, 1.807) is 23.6 Å². The molecule has 2 aromatic heterocycles. The van der Waals surface area contributed by atoms with Crippen molar-refractivity contribution < 1.29 is 9.90 Å². The quantitative estimate of drug-likeness (QED) is 0.851. The lowest BCUT2D eigenvalue weighted by Crippen LogP contribution is -2.47. The van der Waals surface area contributed by atoms with Crippen LogP contribution < -0.4 is 5.32 Å². The van der Waals surface area contributed by atoms with Crippen molar-refractivity contribution in [3.63, 3.8) is 0 Å². The minimum Gasteiger partial charge on any atom is -0.387 e. The van der Waals surface area contributed by atoms with Gasteiger partial charge in [-0.15, -0.1) is 22.7 Å². The molecule has 2 N–H and O–H groups in total. The van der Waals surface area contributed by atoms with Gasteiger partial charge in [0.2, 0.25) is 0 Å². The van der Waals surface area contributed by atoms with Crippen molar-refractivity contribution >= 4 is 28.6 Å². The van der Waals surface area contributed by atoms with Gasteiger partial charge in [-0.3, -0.25) is 4.79 Å². The fourth-order valence-corrected chi connectivity index (χ4v) is 3.60. The Kier molecular flexibility index (Phi) is 5.10. The predicted octanol–water partition coefficient (Wildman–Crippen LogP) is 1.91. The lowest BCUT2D eigenvalue weighted by atomic mass is 10.1. The molecule has 0 radical (unpaired) electrons. The molecule has 0 saturated carbocycles. The number of nitrogens with zero attached hydrogens (tertiary/aromatic N) is 2. The second-order valence-electron chi connectivity index (χ2n) is 5.43. The minimum absolute atomic E-state index is 0.190. The average molecular weight is 325 g/mol. The van der Waals surface area contributed by atoms with Gasteiger partial charge >= 0.3 is 0 Å². The van der Waals surface area contributed by atoms with Crippen LogP contribution in [0, 0.1) is 0 Å². The monoisotopic (exact) mass is 325 g/mol. The van der Waals surface area contributed by atoms with Crippen molar-refractivity contribution in [2.75, 3.05) is 27.2 Å². The van der Waals surface area contributed by atoms with Crippen molar-refractivity contribution in [1.82, 2.24) is 15.2 Å². The smallest absolute Gasteiger partial charge is 0.270 e. The molecule has 21 heavy (non-hydrogen) atoms. The minimum atomic E-state index is -0.967. The molecule has 1 amide bonds. The molecule has 0 saturated heterocycles. The molecule has 1 atom stereocenters. The first-order valence-corrected chi connectivity index (χ1v) is 8.28. The molecular formula is C14H19N3O2S2. The van der Waals surface area contributed by atoms with Gasteiger partial charge in [0, 0.05) is 18.5 Å². The standard InChI is InChI=1S/C14H19N3O2S2/c1-14(19,9-17(2)3)8-15-12(18)10-7-21-13(16-10)11-5-4-6-20-11/h4-7,19H,8-9H2,1-3H3,(H,15,18). The number of aliphatic hydroxyl groups is 1. The molecular weight excluding hydrogens is 306 g/mol. The number of thiazole rings is 1. The highest BCUT2D eigenvalue weighted by atomic mass is 32.1. The van der Waals surface area contributed by atoms with Crippen LogP contribution in [0.25, 0.3) is 9.88 Å². The average Bonchev–Trinajstić information content (AvgIpc) is 3.04. The van der Waals surface area contributed by atoms with Crippen LogP contribution in [0.2, 0.25) is 0 Å². The van der Waals surface area contributed by atoms with E-state index < -0.39 is 5.60 Å². The molecule has 2 rings (SSSR count). The normalized spacial score (nSPS) is 14.1. The molecule has 114 valence electrons. The van der Waals surface area contributed by atoms with Crippen LogP contribution in [-0.4, -0.2) is 53.7 Å². The van der Waals surface area contributed by atoms with Crippen LogP contribution in [0.1, 0.15) is 17.4 Å². The highest BCUT2D eigenvalue weighted by molar-refractivity contribution is 7.20. The third kappa shape index (κ3) is 4.60.